The smallest absolute Gasteiger partial charge is 0.323 e. The van der Waals surface area contributed by atoms with Crippen LogP contribution in [-0.4, -0.2) is 22.4 Å². The second-order valence-electron chi connectivity index (χ2n) is 5.07. The Kier molecular flexibility index (Phi) is 4.81. The molecule has 0 aromatic heterocycles. The van der Waals surface area contributed by atoms with Crippen molar-refractivity contribution < 1.29 is 14.3 Å². The normalized spacial score (nSPS) is 10.6. The SMILES string of the molecule is CC(C)(C)Oc1ccc(CCC(=O)C=[N+]=[N-])cc1. The summed E-state index contributed by atoms with van der Waals surface area (Å²) in [6.07, 6.45) is 1.89. The molecule has 0 aliphatic carbocycles. The summed E-state index contributed by atoms with van der Waals surface area (Å²) >= 11 is 0. The van der Waals surface area contributed by atoms with Gasteiger partial charge in [-0.25, -0.2) is 0 Å². The molecule has 1 rings (SSSR count). The van der Waals surface area contributed by atoms with Gasteiger partial charge in [0.2, 0.25) is 5.78 Å². The van der Waals surface area contributed by atoms with Crippen molar-refractivity contribution in [3.63, 3.8) is 0 Å². The van der Waals surface area contributed by atoms with Crippen LogP contribution in [0.2, 0.25) is 0 Å². The number of aryl methyl sites for hydroxylation is 1. The lowest BCUT2D eigenvalue weighted by Gasteiger charge is -2.21. The quantitative estimate of drug-likeness (QED) is 0.455. The maximum absolute atomic E-state index is 11.1. The topological polar surface area (TPSA) is 62.7 Å². The molecule has 1 aromatic rings. The lowest BCUT2D eigenvalue weighted by Crippen LogP contribution is -2.22. The highest BCUT2D eigenvalue weighted by molar-refractivity contribution is 6.25. The Hall–Kier alpha value is -1.93. The van der Waals surface area contributed by atoms with Crippen LogP contribution in [0.25, 0.3) is 5.53 Å². The zero-order chi connectivity index (χ0) is 13.6. The maximum Gasteiger partial charge on any atom is 0.323 e. The number of hydrogen-bond acceptors (Lipinski definition) is 2. The van der Waals surface area contributed by atoms with Crippen molar-refractivity contribution in [1.29, 1.82) is 0 Å². The molecule has 0 heterocycles. The minimum atomic E-state index is -0.213. The average molecular weight is 246 g/mol. The second-order valence-corrected chi connectivity index (χ2v) is 5.07. The number of benzene rings is 1. The van der Waals surface area contributed by atoms with Crippen molar-refractivity contribution in [1.82, 2.24) is 0 Å². The maximum atomic E-state index is 11.1. The van der Waals surface area contributed by atoms with Gasteiger partial charge in [0.25, 0.3) is 0 Å². The molecule has 0 unspecified atom stereocenters. The molecule has 0 N–H and O–H groups in total. The molecule has 18 heavy (non-hydrogen) atoms. The van der Waals surface area contributed by atoms with Crippen LogP contribution in [0.4, 0.5) is 0 Å². The van der Waals surface area contributed by atoms with Crippen LogP contribution in [0.5, 0.6) is 5.75 Å². The highest BCUT2D eigenvalue weighted by Gasteiger charge is 2.11. The van der Waals surface area contributed by atoms with Crippen LogP contribution < -0.4 is 4.74 Å². The van der Waals surface area contributed by atoms with Gasteiger partial charge in [0.15, 0.2) is 0 Å². The van der Waals surface area contributed by atoms with Crippen molar-refractivity contribution in [3.05, 3.63) is 35.4 Å². The molecule has 0 spiro atoms. The molecule has 4 nitrogen and oxygen atoms in total. The zero-order valence-electron chi connectivity index (χ0n) is 11.0. The predicted molar refractivity (Wildman–Crippen MR) is 69.8 cm³/mol. The van der Waals surface area contributed by atoms with Gasteiger partial charge in [-0.05, 0) is 44.9 Å². The van der Waals surface area contributed by atoms with Gasteiger partial charge in [-0.15, -0.1) is 0 Å². The third-order valence-corrected chi connectivity index (χ3v) is 2.21. The fraction of sp³-hybridized carbons (Fsp3) is 0.429. The molecule has 0 amide bonds. The Bertz CT molecular complexity index is 452. The summed E-state index contributed by atoms with van der Waals surface area (Å²) in [6, 6.07) is 7.66. The minimum Gasteiger partial charge on any atom is -0.488 e. The summed E-state index contributed by atoms with van der Waals surface area (Å²) in [4.78, 5) is 13.8. The molecule has 0 saturated heterocycles. The molecule has 0 saturated carbocycles. The van der Waals surface area contributed by atoms with Crippen molar-refractivity contribution in [2.75, 3.05) is 0 Å². The zero-order valence-corrected chi connectivity index (χ0v) is 11.0. The van der Waals surface area contributed by atoms with Crippen LogP contribution in [0.15, 0.2) is 24.3 Å². The Labute approximate surface area is 107 Å². The van der Waals surface area contributed by atoms with Crippen LogP contribution in [0.3, 0.4) is 0 Å². The Morgan fingerprint density at radius 2 is 1.94 bits per heavy atom. The van der Waals surface area contributed by atoms with E-state index < -0.39 is 0 Å². The Morgan fingerprint density at radius 3 is 2.44 bits per heavy atom. The van der Waals surface area contributed by atoms with Crippen LogP contribution >= 0.6 is 0 Å². The third kappa shape index (κ3) is 5.41. The first kappa shape index (κ1) is 14.1. The number of ether oxygens (including phenoxy) is 1. The minimum absolute atomic E-state index is 0.187. The van der Waals surface area contributed by atoms with E-state index in [1.807, 2.05) is 45.0 Å². The van der Waals surface area contributed by atoms with E-state index in [2.05, 4.69) is 4.79 Å². The van der Waals surface area contributed by atoms with E-state index in [-0.39, 0.29) is 11.4 Å². The lowest BCUT2D eigenvalue weighted by atomic mass is 10.1. The largest absolute Gasteiger partial charge is 0.488 e. The Balaban J connectivity index is 2.55. The highest BCUT2D eigenvalue weighted by Crippen LogP contribution is 2.18. The first-order chi connectivity index (χ1) is 8.40. The summed E-state index contributed by atoms with van der Waals surface area (Å²) in [5.41, 5.74) is 9.05. The van der Waals surface area contributed by atoms with Gasteiger partial charge in [-0.3, -0.25) is 4.79 Å². The molecule has 0 radical (unpaired) electrons. The molecular formula is C14H18N2O2. The monoisotopic (exact) mass is 246 g/mol. The molecule has 1 aromatic carbocycles. The van der Waals surface area contributed by atoms with E-state index in [9.17, 15) is 4.79 Å². The van der Waals surface area contributed by atoms with Gasteiger partial charge >= 0.3 is 6.21 Å². The molecule has 4 heteroatoms. The van der Waals surface area contributed by atoms with Crippen molar-refractivity contribution in [3.8, 4) is 5.75 Å². The Morgan fingerprint density at radius 1 is 1.33 bits per heavy atom. The van der Waals surface area contributed by atoms with Gasteiger partial charge in [0.1, 0.15) is 11.4 Å². The van der Waals surface area contributed by atoms with Gasteiger partial charge in [0.05, 0.1) is 0 Å². The molecule has 96 valence electrons. The molecule has 0 fully saturated rings. The van der Waals surface area contributed by atoms with E-state index in [0.717, 1.165) is 17.5 Å². The van der Waals surface area contributed by atoms with Gasteiger partial charge in [-0.1, -0.05) is 12.1 Å². The molecule has 0 atom stereocenters. The second kappa shape index (κ2) is 6.12. The van der Waals surface area contributed by atoms with Crippen LogP contribution in [0.1, 0.15) is 32.8 Å². The lowest BCUT2D eigenvalue weighted by molar-refractivity contribution is -0.116. The van der Waals surface area contributed by atoms with Crippen molar-refractivity contribution in [2.45, 2.75) is 39.2 Å². The molecular weight excluding hydrogens is 228 g/mol. The predicted octanol–water partition coefficient (Wildman–Crippen LogP) is 2.67. The number of ketones is 1. The summed E-state index contributed by atoms with van der Waals surface area (Å²) in [5, 5.41) is 0. The van der Waals surface area contributed by atoms with Gasteiger partial charge in [0, 0.05) is 6.42 Å². The molecule has 0 aliphatic rings. The number of hydrogen-bond donors (Lipinski definition) is 0. The number of nitrogens with zero attached hydrogens (tertiary/aromatic N) is 2. The molecule has 0 aliphatic heterocycles. The van der Waals surface area contributed by atoms with E-state index in [1.54, 1.807) is 0 Å². The summed E-state index contributed by atoms with van der Waals surface area (Å²) in [6.45, 7) is 5.98. The highest BCUT2D eigenvalue weighted by atomic mass is 16.5. The number of carbonyl (C=O) groups excluding carboxylic acids is 1. The van der Waals surface area contributed by atoms with E-state index in [1.165, 1.54) is 0 Å². The summed E-state index contributed by atoms with van der Waals surface area (Å²) in [5.74, 6) is 0.627. The fourth-order valence-corrected chi connectivity index (χ4v) is 1.47. The van der Waals surface area contributed by atoms with E-state index in [4.69, 9.17) is 10.3 Å². The average Bonchev–Trinajstić information content (AvgIpc) is 2.26. The molecule has 0 bridgehead atoms. The van der Waals surface area contributed by atoms with Crippen LogP contribution in [-0.2, 0) is 11.2 Å². The van der Waals surface area contributed by atoms with Crippen molar-refractivity contribution >= 4 is 12.0 Å². The van der Waals surface area contributed by atoms with E-state index >= 15 is 0 Å². The summed E-state index contributed by atoms with van der Waals surface area (Å²) < 4.78 is 5.70. The first-order valence-electron chi connectivity index (χ1n) is 5.89. The standard InChI is InChI=1S/C14H18N2O2/c1-14(2,3)18-13-8-5-11(6-9-13)4-7-12(17)10-16-15/h5-6,8-10H,4,7H2,1-3H3. The number of Topliss-reactive ketones (excluding diaryl/α,β-unsaturated/α-hetero) is 1. The van der Waals surface area contributed by atoms with Gasteiger partial charge < -0.3 is 10.3 Å². The van der Waals surface area contributed by atoms with Crippen molar-refractivity contribution in [2.24, 2.45) is 0 Å². The first-order valence-corrected chi connectivity index (χ1v) is 5.89. The third-order valence-electron chi connectivity index (χ3n) is 2.21. The summed E-state index contributed by atoms with van der Waals surface area (Å²) in [7, 11) is 0. The van der Waals surface area contributed by atoms with Gasteiger partial charge in [-0.2, -0.15) is 4.79 Å². The number of rotatable bonds is 5. The van der Waals surface area contributed by atoms with E-state index in [0.29, 0.717) is 12.8 Å². The fourth-order valence-electron chi connectivity index (χ4n) is 1.47. The number of carbonyl (C=O) groups is 1. The van der Waals surface area contributed by atoms with Crippen LogP contribution in [0, 0.1) is 0 Å².